The second-order valence-electron chi connectivity index (χ2n) is 7.72. The third kappa shape index (κ3) is 5.99. The summed E-state index contributed by atoms with van der Waals surface area (Å²) in [6.07, 6.45) is 0.0386. The molecule has 5 nitrogen and oxygen atoms in total. The summed E-state index contributed by atoms with van der Waals surface area (Å²) in [7, 11) is 0. The van der Waals surface area contributed by atoms with Gasteiger partial charge in [-0.1, -0.05) is 63.2 Å². The number of amides is 1. The van der Waals surface area contributed by atoms with Gasteiger partial charge >= 0.3 is 5.97 Å². The lowest BCUT2D eigenvalue weighted by molar-refractivity contribution is -0.146. The molecule has 6 heteroatoms. The van der Waals surface area contributed by atoms with Crippen molar-refractivity contribution in [3.05, 3.63) is 71.2 Å². The van der Waals surface area contributed by atoms with E-state index in [1.165, 1.54) is 16.9 Å². The second kappa shape index (κ2) is 9.01. The van der Waals surface area contributed by atoms with Crippen molar-refractivity contribution in [3.8, 4) is 10.6 Å². The minimum atomic E-state index is -0.479. The van der Waals surface area contributed by atoms with E-state index in [9.17, 15) is 9.59 Å². The monoisotopic (exact) mass is 408 g/mol. The second-order valence-corrected chi connectivity index (χ2v) is 8.58. The molecule has 0 fully saturated rings. The van der Waals surface area contributed by atoms with Crippen LogP contribution in [0.2, 0.25) is 0 Å². The first-order valence-corrected chi connectivity index (χ1v) is 10.2. The minimum absolute atomic E-state index is 0.0386. The van der Waals surface area contributed by atoms with Gasteiger partial charge in [0.05, 0.1) is 12.1 Å². The molecule has 0 unspecified atom stereocenters. The van der Waals surface area contributed by atoms with Crippen molar-refractivity contribution in [3.63, 3.8) is 0 Å². The van der Waals surface area contributed by atoms with Crippen molar-refractivity contribution in [2.24, 2.45) is 0 Å². The van der Waals surface area contributed by atoms with Crippen LogP contribution in [0.4, 0.5) is 5.69 Å². The Morgan fingerprint density at radius 3 is 2.38 bits per heavy atom. The Morgan fingerprint density at radius 2 is 1.72 bits per heavy atom. The number of aromatic nitrogens is 1. The van der Waals surface area contributed by atoms with Crippen molar-refractivity contribution in [1.29, 1.82) is 0 Å². The van der Waals surface area contributed by atoms with Crippen molar-refractivity contribution in [1.82, 2.24) is 4.98 Å². The smallest absolute Gasteiger partial charge is 0.312 e. The van der Waals surface area contributed by atoms with Gasteiger partial charge in [-0.15, -0.1) is 11.3 Å². The van der Waals surface area contributed by atoms with E-state index >= 15 is 0 Å². The molecule has 0 atom stereocenters. The number of benzene rings is 2. The number of hydrogen-bond acceptors (Lipinski definition) is 5. The first-order chi connectivity index (χ1) is 13.8. The average molecular weight is 409 g/mol. The lowest BCUT2D eigenvalue weighted by Crippen LogP contribution is -2.21. The SMILES string of the molecule is CC(C)(C)c1ccc(NC(=O)COC(=O)Cc2csc(-c3ccccc3)n2)cc1. The van der Waals surface area contributed by atoms with E-state index < -0.39 is 5.97 Å². The van der Waals surface area contributed by atoms with Gasteiger partial charge in [-0.2, -0.15) is 0 Å². The molecule has 1 amide bonds. The van der Waals surface area contributed by atoms with Gasteiger partial charge in [0, 0.05) is 16.6 Å². The zero-order chi connectivity index (χ0) is 20.9. The summed E-state index contributed by atoms with van der Waals surface area (Å²) in [4.78, 5) is 28.5. The summed E-state index contributed by atoms with van der Waals surface area (Å²) in [6.45, 7) is 6.07. The molecule has 0 bridgehead atoms. The lowest BCUT2D eigenvalue weighted by atomic mass is 9.87. The number of anilines is 1. The van der Waals surface area contributed by atoms with Crippen LogP contribution >= 0.6 is 11.3 Å². The predicted octanol–water partition coefficient (Wildman–Crippen LogP) is 4.83. The molecule has 0 radical (unpaired) electrons. The summed E-state index contributed by atoms with van der Waals surface area (Å²) in [5.74, 6) is -0.849. The molecule has 1 heterocycles. The van der Waals surface area contributed by atoms with Crippen LogP contribution in [0, 0.1) is 0 Å². The minimum Gasteiger partial charge on any atom is -0.455 e. The van der Waals surface area contributed by atoms with Crippen LogP contribution in [0.5, 0.6) is 0 Å². The first-order valence-electron chi connectivity index (χ1n) is 9.37. The van der Waals surface area contributed by atoms with Crippen molar-refractivity contribution < 1.29 is 14.3 Å². The molecule has 0 saturated heterocycles. The average Bonchev–Trinajstić information content (AvgIpc) is 3.15. The normalized spacial score (nSPS) is 11.1. The fraction of sp³-hybridized carbons (Fsp3) is 0.261. The predicted molar refractivity (Wildman–Crippen MR) is 116 cm³/mol. The number of rotatable bonds is 6. The van der Waals surface area contributed by atoms with E-state index in [2.05, 4.69) is 31.1 Å². The molecule has 0 spiro atoms. The van der Waals surface area contributed by atoms with Crippen LogP contribution < -0.4 is 5.32 Å². The fourth-order valence-corrected chi connectivity index (χ4v) is 3.52. The fourth-order valence-electron chi connectivity index (χ4n) is 2.70. The van der Waals surface area contributed by atoms with Crippen LogP contribution in [-0.4, -0.2) is 23.5 Å². The first kappa shape index (κ1) is 20.7. The Morgan fingerprint density at radius 1 is 1.03 bits per heavy atom. The van der Waals surface area contributed by atoms with Crippen LogP contribution in [0.3, 0.4) is 0 Å². The molecule has 0 aliphatic heterocycles. The van der Waals surface area contributed by atoms with Gasteiger partial charge in [0.25, 0.3) is 5.91 Å². The highest BCUT2D eigenvalue weighted by molar-refractivity contribution is 7.13. The number of carbonyl (C=O) groups is 2. The highest BCUT2D eigenvalue weighted by Gasteiger charge is 2.14. The van der Waals surface area contributed by atoms with E-state index in [0.29, 0.717) is 11.4 Å². The summed E-state index contributed by atoms with van der Waals surface area (Å²) in [6, 6.07) is 17.4. The highest BCUT2D eigenvalue weighted by Crippen LogP contribution is 2.24. The zero-order valence-corrected chi connectivity index (χ0v) is 17.6. The van der Waals surface area contributed by atoms with Crippen molar-refractivity contribution in [2.45, 2.75) is 32.6 Å². The number of esters is 1. The third-order valence-corrected chi connectivity index (χ3v) is 5.24. The zero-order valence-electron chi connectivity index (χ0n) is 16.8. The lowest BCUT2D eigenvalue weighted by Gasteiger charge is -2.19. The maximum Gasteiger partial charge on any atom is 0.312 e. The van der Waals surface area contributed by atoms with Crippen LogP contribution in [0.15, 0.2) is 60.0 Å². The van der Waals surface area contributed by atoms with Gasteiger partial charge < -0.3 is 10.1 Å². The molecular formula is C23H24N2O3S. The van der Waals surface area contributed by atoms with Gasteiger partial charge in [-0.25, -0.2) is 4.98 Å². The molecule has 0 aliphatic carbocycles. The number of hydrogen-bond donors (Lipinski definition) is 1. The topological polar surface area (TPSA) is 68.3 Å². The number of nitrogens with one attached hydrogen (secondary N) is 1. The molecule has 150 valence electrons. The van der Waals surface area contributed by atoms with Gasteiger partial charge in [0.2, 0.25) is 0 Å². The molecule has 3 rings (SSSR count). The van der Waals surface area contributed by atoms with E-state index in [0.717, 1.165) is 10.6 Å². The Labute approximate surface area is 174 Å². The third-order valence-electron chi connectivity index (χ3n) is 4.30. The Bertz CT molecular complexity index is 973. The van der Waals surface area contributed by atoms with E-state index in [-0.39, 0.29) is 24.3 Å². The Balaban J connectivity index is 1.47. The maximum atomic E-state index is 12.0. The quantitative estimate of drug-likeness (QED) is 0.593. The summed E-state index contributed by atoms with van der Waals surface area (Å²) < 4.78 is 5.09. The van der Waals surface area contributed by atoms with Crippen molar-refractivity contribution in [2.75, 3.05) is 11.9 Å². The maximum absolute atomic E-state index is 12.0. The molecule has 1 aromatic heterocycles. The number of nitrogens with zero attached hydrogens (tertiary/aromatic N) is 1. The number of ether oxygens (including phenoxy) is 1. The van der Waals surface area contributed by atoms with Crippen LogP contribution in [0.25, 0.3) is 10.6 Å². The summed E-state index contributed by atoms with van der Waals surface area (Å²) in [5.41, 5.74) is 3.55. The number of thiazole rings is 1. The molecule has 2 aromatic carbocycles. The van der Waals surface area contributed by atoms with E-state index in [1.54, 1.807) is 0 Å². The van der Waals surface area contributed by atoms with Gasteiger partial charge in [-0.3, -0.25) is 9.59 Å². The largest absolute Gasteiger partial charge is 0.455 e. The standard InChI is InChI=1S/C23H24N2O3S/c1-23(2,3)17-9-11-18(12-10-17)24-20(26)14-28-21(27)13-19-15-29-22(25-19)16-7-5-4-6-8-16/h4-12,15H,13-14H2,1-3H3,(H,24,26). The van der Waals surface area contributed by atoms with Crippen LogP contribution in [-0.2, 0) is 26.2 Å². The van der Waals surface area contributed by atoms with Gasteiger partial charge in [0.15, 0.2) is 6.61 Å². The van der Waals surface area contributed by atoms with E-state index in [1.807, 2.05) is 60.0 Å². The Hall–Kier alpha value is -2.99. The highest BCUT2D eigenvalue weighted by atomic mass is 32.1. The summed E-state index contributed by atoms with van der Waals surface area (Å²) in [5, 5.41) is 5.42. The molecule has 1 N–H and O–H groups in total. The van der Waals surface area contributed by atoms with E-state index in [4.69, 9.17) is 4.74 Å². The summed E-state index contributed by atoms with van der Waals surface area (Å²) >= 11 is 1.48. The molecule has 3 aromatic rings. The van der Waals surface area contributed by atoms with Crippen LogP contribution in [0.1, 0.15) is 32.0 Å². The van der Waals surface area contributed by atoms with Gasteiger partial charge in [-0.05, 0) is 23.1 Å². The molecule has 29 heavy (non-hydrogen) atoms. The molecular weight excluding hydrogens is 384 g/mol. The van der Waals surface area contributed by atoms with Crippen molar-refractivity contribution >= 4 is 28.9 Å². The van der Waals surface area contributed by atoms with Gasteiger partial charge in [0.1, 0.15) is 5.01 Å². The number of carbonyl (C=O) groups excluding carboxylic acids is 2. The molecule has 0 aliphatic rings. The Kier molecular flexibility index (Phi) is 6.44. The molecule has 0 saturated carbocycles.